The van der Waals surface area contributed by atoms with Crippen molar-refractivity contribution >= 4 is 33.2 Å². The largest absolute Gasteiger partial charge is 0.295 e. The molecule has 0 saturated heterocycles. The first kappa shape index (κ1) is 12.1. The van der Waals surface area contributed by atoms with Gasteiger partial charge in [-0.2, -0.15) is 5.10 Å². The molecule has 1 heterocycles. The number of nitrogens with zero attached hydrogens (tertiary/aromatic N) is 3. The van der Waals surface area contributed by atoms with Crippen LogP contribution in [0.2, 0.25) is 5.02 Å². The second-order valence-corrected chi connectivity index (χ2v) is 4.31. The molecule has 5 nitrogen and oxygen atoms in total. The van der Waals surface area contributed by atoms with Gasteiger partial charge in [0.05, 0.1) is 16.1 Å². The van der Waals surface area contributed by atoms with Crippen molar-refractivity contribution in [2.45, 2.75) is 5.33 Å². The van der Waals surface area contributed by atoms with Gasteiger partial charge in [-0.05, 0) is 11.6 Å². The highest BCUT2D eigenvalue weighted by molar-refractivity contribution is 9.08. The van der Waals surface area contributed by atoms with Crippen molar-refractivity contribution in [2.24, 2.45) is 0 Å². The topological polar surface area (TPSA) is 61.0 Å². The first-order valence-electron chi connectivity index (χ1n) is 4.65. The second-order valence-electron chi connectivity index (χ2n) is 3.32. The molecule has 7 heteroatoms. The Hall–Kier alpha value is -1.40. The molecule has 0 aliphatic rings. The molecule has 0 atom stereocenters. The van der Waals surface area contributed by atoms with Gasteiger partial charge in [0.1, 0.15) is 5.69 Å². The van der Waals surface area contributed by atoms with Gasteiger partial charge in [0.2, 0.25) is 0 Å². The highest BCUT2D eigenvalue weighted by atomic mass is 79.9. The monoisotopic (exact) mass is 315 g/mol. The fraction of sp³-hybridized carbons (Fsp3) is 0.100. The van der Waals surface area contributed by atoms with E-state index in [0.29, 0.717) is 16.0 Å². The summed E-state index contributed by atoms with van der Waals surface area (Å²) in [6.45, 7) is 0. The third kappa shape index (κ3) is 2.48. The summed E-state index contributed by atoms with van der Waals surface area (Å²) in [5, 5.41) is 15.9. The SMILES string of the molecule is O=[N+]([O-])c1cc(CBr)ccc1-n1cc(Cl)cn1. The Morgan fingerprint density at radius 1 is 1.53 bits per heavy atom. The average molecular weight is 317 g/mol. The van der Waals surface area contributed by atoms with E-state index >= 15 is 0 Å². The van der Waals surface area contributed by atoms with Crippen LogP contribution in [0.4, 0.5) is 5.69 Å². The van der Waals surface area contributed by atoms with E-state index in [0.717, 1.165) is 5.56 Å². The fourth-order valence-electron chi connectivity index (χ4n) is 1.42. The molecule has 0 bridgehead atoms. The Bertz CT molecular complexity index is 570. The third-order valence-corrected chi connectivity index (χ3v) is 3.03. The molecule has 0 saturated carbocycles. The van der Waals surface area contributed by atoms with E-state index < -0.39 is 4.92 Å². The van der Waals surface area contributed by atoms with Crippen LogP contribution >= 0.6 is 27.5 Å². The van der Waals surface area contributed by atoms with Crippen LogP contribution in [0.25, 0.3) is 5.69 Å². The molecule has 0 spiro atoms. The predicted octanol–water partition coefficient (Wildman–Crippen LogP) is 3.33. The van der Waals surface area contributed by atoms with Crippen LogP contribution in [0.3, 0.4) is 0 Å². The van der Waals surface area contributed by atoms with E-state index in [4.69, 9.17) is 11.6 Å². The summed E-state index contributed by atoms with van der Waals surface area (Å²) < 4.78 is 1.39. The Morgan fingerprint density at radius 3 is 2.82 bits per heavy atom. The van der Waals surface area contributed by atoms with Gasteiger partial charge in [0.25, 0.3) is 5.69 Å². The molecule has 1 aromatic carbocycles. The van der Waals surface area contributed by atoms with Gasteiger partial charge in [-0.15, -0.1) is 0 Å². The van der Waals surface area contributed by atoms with Gasteiger partial charge < -0.3 is 0 Å². The predicted molar refractivity (Wildman–Crippen MR) is 67.9 cm³/mol. The van der Waals surface area contributed by atoms with Crippen LogP contribution in [0, 0.1) is 10.1 Å². The first-order chi connectivity index (χ1) is 8.11. The second kappa shape index (κ2) is 4.85. The standard InChI is InChI=1S/C10H7BrClN3O2/c11-4-7-1-2-9(10(3-7)15(16)17)14-6-8(12)5-13-14/h1-3,5-6H,4H2. The molecule has 0 amide bonds. The van der Waals surface area contributed by atoms with Gasteiger partial charge in [0, 0.05) is 17.6 Å². The van der Waals surface area contributed by atoms with Crippen molar-refractivity contribution < 1.29 is 4.92 Å². The Labute approximate surface area is 110 Å². The molecule has 0 N–H and O–H groups in total. The van der Waals surface area contributed by atoms with Crippen LogP contribution in [0.15, 0.2) is 30.6 Å². The summed E-state index contributed by atoms with van der Waals surface area (Å²) in [7, 11) is 0. The summed E-state index contributed by atoms with van der Waals surface area (Å²) in [6.07, 6.45) is 2.96. The highest BCUT2D eigenvalue weighted by Crippen LogP contribution is 2.25. The van der Waals surface area contributed by atoms with Crippen LogP contribution in [-0.4, -0.2) is 14.7 Å². The molecule has 0 unspecified atom stereocenters. The van der Waals surface area contributed by atoms with Gasteiger partial charge in [-0.25, -0.2) is 4.68 Å². The number of nitro benzene ring substituents is 1. The molecular formula is C10H7BrClN3O2. The van der Waals surface area contributed by atoms with Gasteiger partial charge in [-0.1, -0.05) is 33.6 Å². The number of halogens is 2. The van der Waals surface area contributed by atoms with E-state index in [1.165, 1.54) is 23.1 Å². The van der Waals surface area contributed by atoms with Crippen LogP contribution in [0.5, 0.6) is 0 Å². The summed E-state index contributed by atoms with van der Waals surface area (Å²) in [5.41, 5.74) is 1.23. The zero-order chi connectivity index (χ0) is 12.4. The molecule has 2 rings (SSSR count). The van der Waals surface area contributed by atoms with Crippen molar-refractivity contribution in [1.29, 1.82) is 0 Å². The summed E-state index contributed by atoms with van der Waals surface area (Å²) in [5.74, 6) is 0. The lowest BCUT2D eigenvalue weighted by Gasteiger charge is -2.04. The smallest absolute Gasteiger partial charge is 0.258 e. The third-order valence-electron chi connectivity index (χ3n) is 2.19. The van der Waals surface area contributed by atoms with Crippen molar-refractivity contribution in [3.05, 3.63) is 51.3 Å². The normalized spacial score (nSPS) is 10.5. The first-order valence-corrected chi connectivity index (χ1v) is 6.15. The highest BCUT2D eigenvalue weighted by Gasteiger charge is 2.16. The molecule has 0 aliphatic heterocycles. The number of nitro groups is 1. The van der Waals surface area contributed by atoms with Gasteiger partial charge in [0.15, 0.2) is 0 Å². The fourth-order valence-corrected chi connectivity index (χ4v) is 1.91. The number of alkyl halides is 1. The van der Waals surface area contributed by atoms with Crippen LogP contribution < -0.4 is 0 Å². The van der Waals surface area contributed by atoms with Crippen LogP contribution in [-0.2, 0) is 5.33 Å². The van der Waals surface area contributed by atoms with Crippen molar-refractivity contribution in [1.82, 2.24) is 9.78 Å². The minimum absolute atomic E-state index is 0.00159. The number of rotatable bonds is 3. The van der Waals surface area contributed by atoms with E-state index in [2.05, 4.69) is 21.0 Å². The average Bonchev–Trinajstić information content (AvgIpc) is 2.75. The Balaban J connectivity index is 2.57. The lowest BCUT2D eigenvalue weighted by atomic mass is 10.2. The zero-order valence-corrected chi connectivity index (χ0v) is 10.8. The van der Waals surface area contributed by atoms with Crippen molar-refractivity contribution in [3.63, 3.8) is 0 Å². The van der Waals surface area contributed by atoms with E-state index in [-0.39, 0.29) is 5.69 Å². The quantitative estimate of drug-likeness (QED) is 0.496. The van der Waals surface area contributed by atoms with Gasteiger partial charge in [-0.3, -0.25) is 10.1 Å². The summed E-state index contributed by atoms with van der Waals surface area (Å²) in [6, 6.07) is 4.96. The zero-order valence-electron chi connectivity index (χ0n) is 8.51. The maximum absolute atomic E-state index is 11.0. The summed E-state index contributed by atoms with van der Waals surface area (Å²) >= 11 is 9.00. The van der Waals surface area contributed by atoms with E-state index in [9.17, 15) is 10.1 Å². The molecule has 2 aromatic rings. The molecule has 17 heavy (non-hydrogen) atoms. The van der Waals surface area contributed by atoms with Gasteiger partial charge >= 0.3 is 0 Å². The number of aromatic nitrogens is 2. The number of hydrogen-bond donors (Lipinski definition) is 0. The minimum Gasteiger partial charge on any atom is -0.258 e. The van der Waals surface area contributed by atoms with Crippen LogP contribution in [0.1, 0.15) is 5.56 Å². The van der Waals surface area contributed by atoms with Crippen molar-refractivity contribution in [3.8, 4) is 5.69 Å². The molecule has 0 fully saturated rings. The molecule has 88 valence electrons. The van der Waals surface area contributed by atoms with Crippen molar-refractivity contribution in [2.75, 3.05) is 0 Å². The van der Waals surface area contributed by atoms with E-state index in [1.54, 1.807) is 12.1 Å². The molecule has 0 aliphatic carbocycles. The maximum Gasteiger partial charge on any atom is 0.295 e. The molecule has 0 radical (unpaired) electrons. The molecular weight excluding hydrogens is 309 g/mol. The minimum atomic E-state index is -0.433. The molecule has 1 aromatic heterocycles. The number of benzene rings is 1. The maximum atomic E-state index is 11.0. The van der Waals surface area contributed by atoms with E-state index in [1.807, 2.05) is 0 Å². The Kier molecular flexibility index (Phi) is 3.44. The Morgan fingerprint density at radius 2 is 2.29 bits per heavy atom. The lowest BCUT2D eigenvalue weighted by Crippen LogP contribution is -2.01. The summed E-state index contributed by atoms with van der Waals surface area (Å²) in [4.78, 5) is 10.6. The lowest BCUT2D eigenvalue weighted by molar-refractivity contribution is -0.384. The number of hydrogen-bond acceptors (Lipinski definition) is 3.